The van der Waals surface area contributed by atoms with E-state index in [4.69, 9.17) is 14.2 Å². The molecular weight excluding hydrogens is 416 g/mol. The van der Waals surface area contributed by atoms with Gasteiger partial charge in [0.25, 0.3) is 0 Å². The van der Waals surface area contributed by atoms with Crippen LogP contribution in [0, 0.1) is 5.92 Å². The van der Waals surface area contributed by atoms with Crippen molar-refractivity contribution < 1.29 is 23.8 Å². The molecule has 0 radical (unpaired) electrons. The van der Waals surface area contributed by atoms with Crippen LogP contribution in [0.25, 0.3) is 6.08 Å². The third-order valence-electron chi connectivity index (χ3n) is 5.50. The number of carbonyl (C=O) groups excluding carboxylic acids is 2. The van der Waals surface area contributed by atoms with Crippen LogP contribution in [0.1, 0.15) is 97.0 Å². The van der Waals surface area contributed by atoms with Gasteiger partial charge in [0.1, 0.15) is 5.75 Å². The summed E-state index contributed by atoms with van der Waals surface area (Å²) in [5.41, 5.74) is 0.997. The zero-order valence-corrected chi connectivity index (χ0v) is 21.0. The molecule has 1 rings (SSSR count). The Balaban J connectivity index is 2.41. The summed E-state index contributed by atoms with van der Waals surface area (Å²) in [4.78, 5) is 24.2. The number of hydrogen-bond acceptors (Lipinski definition) is 5. The molecule has 0 aliphatic heterocycles. The molecule has 0 saturated carbocycles. The van der Waals surface area contributed by atoms with E-state index in [9.17, 15) is 9.59 Å². The summed E-state index contributed by atoms with van der Waals surface area (Å²) < 4.78 is 15.9. The molecular formula is C28H44O5. The molecule has 0 atom stereocenters. The van der Waals surface area contributed by atoms with Crippen molar-refractivity contribution in [1.82, 2.24) is 0 Å². The van der Waals surface area contributed by atoms with Crippen molar-refractivity contribution in [2.45, 2.75) is 91.4 Å². The lowest BCUT2D eigenvalue weighted by atomic mass is 10.1. The molecule has 186 valence electrons. The van der Waals surface area contributed by atoms with Crippen LogP contribution >= 0.6 is 0 Å². The summed E-state index contributed by atoms with van der Waals surface area (Å²) in [5.74, 6) is -1.34. The highest BCUT2D eigenvalue weighted by atomic mass is 16.6. The summed E-state index contributed by atoms with van der Waals surface area (Å²) in [6, 6.07) is 7.81. The summed E-state index contributed by atoms with van der Waals surface area (Å²) in [6.07, 6.45) is 17.5. The fraction of sp³-hybridized carbons (Fsp3) is 0.643. The van der Waals surface area contributed by atoms with Crippen LogP contribution in [0.2, 0.25) is 0 Å². The summed E-state index contributed by atoms with van der Waals surface area (Å²) in [7, 11) is 0. The molecule has 0 bridgehead atoms. The highest BCUT2D eigenvalue weighted by Crippen LogP contribution is 2.21. The van der Waals surface area contributed by atoms with Crippen molar-refractivity contribution in [3.63, 3.8) is 0 Å². The first-order chi connectivity index (χ1) is 16.1. The van der Waals surface area contributed by atoms with Gasteiger partial charge in [-0.25, -0.2) is 0 Å². The third-order valence-corrected chi connectivity index (χ3v) is 5.50. The van der Waals surface area contributed by atoms with E-state index in [1.165, 1.54) is 57.8 Å². The molecule has 0 N–H and O–H groups in total. The summed E-state index contributed by atoms with van der Waals surface area (Å²) >= 11 is 0. The molecule has 0 aliphatic carbocycles. The Morgan fingerprint density at radius 2 is 1.39 bits per heavy atom. The van der Waals surface area contributed by atoms with Gasteiger partial charge in [0, 0.05) is 12.0 Å². The molecule has 5 heteroatoms. The van der Waals surface area contributed by atoms with Crippen LogP contribution in [-0.2, 0) is 19.1 Å². The van der Waals surface area contributed by atoms with Gasteiger partial charge in [-0.15, -0.1) is 0 Å². The van der Waals surface area contributed by atoms with Gasteiger partial charge in [-0.05, 0) is 32.8 Å². The first kappa shape index (κ1) is 28.7. The van der Waals surface area contributed by atoms with Gasteiger partial charge >= 0.3 is 11.9 Å². The van der Waals surface area contributed by atoms with Crippen LogP contribution in [0.3, 0.4) is 0 Å². The predicted molar refractivity (Wildman–Crippen MR) is 134 cm³/mol. The van der Waals surface area contributed by atoms with E-state index in [1.54, 1.807) is 13.8 Å². The maximum Gasteiger partial charge on any atom is 0.320 e. The smallest absolute Gasteiger partial charge is 0.320 e. The summed E-state index contributed by atoms with van der Waals surface area (Å²) in [6.45, 7) is 6.36. The van der Waals surface area contributed by atoms with E-state index in [0.717, 1.165) is 17.7 Å². The number of benzene rings is 1. The minimum atomic E-state index is -0.959. The van der Waals surface area contributed by atoms with Gasteiger partial charge in [0.05, 0.1) is 19.8 Å². The van der Waals surface area contributed by atoms with E-state index in [0.29, 0.717) is 0 Å². The molecule has 5 nitrogen and oxygen atoms in total. The lowest BCUT2D eigenvalue weighted by Crippen LogP contribution is -2.29. The van der Waals surface area contributed by atoms with Crippen LogP contribution in [-0.4, -0.2) is 31.8 Å². The molecule has 0 aromatic heterocycles. The molecule has 33 heavy (non-hydrogen) atoms. The number of unbranched alkanes of at least 4 members (excludes halogenated alkanes) is 9. The number of ether oxygens (including phenoxy) is 3. The number of esters is 2. The average Bonchev–Trinajstić information content (AvgIpc) is 2.81. The molecule has 1 aromatic rings. The number of rotatable bonds is 19. The quantitative estimate of drug-likeness (QED) is 0.125. The first-order valence-electron chi connectivity index (χ1n) is 12.9. The van der Waals surface area contributed by atoms with Crippen molar-refractivity contribution in [1.29, 1.82) is 0 Å². The molecule has 0 aliphatic rings. The molecule has 1 aromatic carbocycles. The van der Waals surface area contributed by atoms with E-state index < -0.39 is 17.9 Å². The van der Waals surface area contributed by atoms with E-state index in [2.05, 4.69) is 19.1 Å². The van der Waals surface area contributed by atoms with Gasteiger partial charge in [-0.2, -0.15) is 0 Å². The fourth-order valence-electron chi connectivity index (χ4n) is 3.64. The molecule has 0 saturated heterocycles. The van der Waals surface area contributed by atoms with Crippen molar-refractivity contribution >= 4 is 18.0 Å². The molecule has 0 unspecified atom stereocenters. The van der Waals surface area contributed by atoms with E-state index in [-0.39, 0.29) is 26.2 Å². The van der Waals surface area contributed by atoms with Gasteiger partial charge in [-0.1, -0.05) is 88.6 Å². The standard InChI is InChI=1S/C28H44O5/c1-4-7-8-9-10-11-12-13-14-15-16-19-24-20-17-18-21-26(24)33-23-22-25(27(29)31-5-2)28(30)32-6-3/h16-21,25H,4-15,22-23H2,1-3H3. The largest absolute Gasteiger partial charge is 0.493 e. The second kappa shape index (κ2) is 19.2. The Labute approximate surface area is 200 Å². The second-order valence-electron chi connectivity index (χ2n) is 8.25. The van der Waals surface area contributed by atoms with E-state index in [1.807, 2.05) is 24.3 Å². The van der Waals surface area contributed by atoms with Crippen molar-refractivity contribution in [3.05, 3.63) is 35.9 Å². The average molecular weight is 461 g/mol. The highest BCUT2D eigenvalue weighted by Gasteiger charge is 2.29. The van der Waals surface area contributed by atoms with Gasteiger partial charge in [0.15, 0.2) is 5.92 Å². The number of para-hydroxylation sites is 1. The fourth-order valence-corrected chi connectivity index (χ4v) is 3.64. The Morgan fingerprint density at radius 3 is 2.00 bits per heavy atom. The van der Waals surface area contributed by atoms with Gasteiger partial charge in [0.2, 0.25) is 0 Å². The minimum absolute atomic E-state index is 0.216. The Bertz CT molecular complexity index is 665. The highest BCUT2D eigenvalue weighted by molar-refractivity contribution is 5.94. The monoisotopic (exact) mass is 460 g/mol. The molecule has 0 amide bonds. The zero-order valence-electron chi connectivity index (χ0n) is 21.0. The minimum Gasteiger partial charge on any atom is -0.493 e. The lowest BCUT2D eigenvalue weighted by Gasteiger charge is -2.15. The second-order valence-corrected chi connectivity index (χ2v) is 8.25. The van der Waals surface area contributed by atoms with Gasteiger partial charge in [-0.3, -0.25) is 9.59 Å². The molecule has 0 heterocycles. The van der Waals surface area contributed by atoms with Crippen molar-refractivity contribution in [2.24, 2.45) is 5.92 Å². The topological polar surface area (TPSA) is 61.8 Å². The Morgan fingerprint density at radius 1 is 0.818 bits per heavy atom. The number of carbonyl (C=O) groups is 2. The van der Waals surface area contributed by atoms with Crippen LogP contribution in [0.4, 0.5) is 0 Å². The summed E-state index contributed by atoms with van der Waals surface area (Å²) in [5, 5.41) is 0. The van der Waals surface area contributed by atoms with Crippen LogP contribution in [0.5, 0.6) is 5.75 Å². The zero-order chi connectivity index (χ0) is 24.2. The Kier molecular flexibility index (Phi) is 16.7. The van der Waals surface area contributed by atoms with Crippen molar-refractivity contribution in [2.75, 3.05) is 19.8 Å². The normalized spacial score (nSPS) is 11.2. The van der Waals surface area contributed by atoms with E-state index >= 15 is 0 Å². The molecule has 0 spiro atoms. The predicted octanol–water partition coefficient (Wildman–Crippen LogP) is 7.13. The SMILES string of the molecule is CCCCCCCCCCCC=Cc1ccccc1OCCC(C(=O)OCC)C(=O)OCC. The maximum absolute atomic E-state index is 12.1. The van der Waals surface area contributed by atoms with Crippen LogP contribution in [0.15, 0.2) is 30.3 Å². The van der Waals surface area contributed by atoms with Gasteiger partial charge < -0.3 is 14.2 Å². The van der Waals surface area contributed by atoms with Crippen LogP contribution < -0.4 is 4.74 Å². The maximum atomic E-state index is 12.1. The Hall–Kier alpha value is -2.30. The number of allylic oxidation sites excluding steroid dienone is 1. The number of hydrogen-bond donors (Lipinski definition) is 0. The first-order valence-corrected chi connectivity index (χ1v) is 12.9. The third kappa shape index (κ3) is 13.1. The molecule has 0 fully saturated rings. The van der Waals surface area contributed by atoms with Crippen molar-refractivity contribution in [3.8, 4) is 5.75 Å². The lowest BCUT2D eigenvalue weighted by molar-refractivity contribution is -0.162.